The third kappa shape index (κ3) is 2.21. The number of ether oxygens (including phenoxy) is 1. The Labute approximate surface area is 94.2 Å². The molecule has 0 spiro atoms. The third-order valence-electron chi connectivity index (χ3n) is 1.99. The summed E-state index contributed by atoms with van der Waals surface area (Å²) in [6, 6.07) is 0. The number of methoxy groups -OCH3 is 1. The minimum Gasteiger partial charge on any atom is -0.465 e. The van der Waals surface area contributed by atoms with E-state index < -0.39 is 29.4 Å². The van der Waals surface area contributed by atoms with Gasteiger partial charge in [-0.2, -0.15) is 0 Å². The number of esters is 1. The molecule has 16 heavy (non-hydrogen) atoms. The van der Waals surface area contributed by atoms with Crippen molar-refractivity contribution < 1.29 is 18.3 Å². The summed E-state index contributed by atoms with van der Waals surface area (Å²) in [5.74, 6) is -1.35. The molecule has 0 saturated heterocycles. The van der Waals surface area contributed by atoms with Gasteiger partial charge < -0.3 is 9.72 Å². The Morgan fingerprint density at radius 1 is 1.62 bits per heavy atom. The van der Waals surface area contributed by atoms with Crippen molar-refractivity contribution in [3.8, 4) is 0 Å². The molecule has 4 nitrogen and oxygen atoms in total. The van der Waals surface area contributed by atoms with E-state index in [1.165, 1.54) is 0 Å². The van der Waals surface area contributed by atoms with Crippen molar-refractivity contribution in [2.24, 2.45) is 0 Å². The summed E-state index contributed by atoms with van der Waals surface area (Å²) >= 11 is 5.40. The number of H-pyrrole nitrogens is 1. The Bertz CT molecular complexity index is 459. The quantitative estimate of drug-likeness (QED) is 0.659. The molecule has 88 valence electrons. The van der Waals surface area contributed by atoms with Crippen molar-refractivity contribution in [3.05, 3.63) is 33.2 Å². The van der Waals surface area contributed by atoms with Crippen molar-refractivity contribution in [1.29, 1.82) is 0 Å². The first-order chi connectivity index (χ1) is 7.52. The van der Waals surface area contributed by atoms with Crippen molar-refractivity contribution >= 4 is 17.6 Å². The lowest BCUT2D eigenvalue weighted by Gasteiger charge is -2.09. The molecule has 0 aliphatic rings. The minimum absolute atomic E-state index is 0.320. The number of aromatic amines is 1. The average molecular weight is 252 g/mol. The van der Waals surface area contributed by atoms with Crippen LogP contribution < -0.4 is 5.56 Å². The van der Waals surface area contributed by atoms with E-state index in [1.807, 2.05) is 0 Å². The SMILES string of the molecule is COC(=O)c1c[nH]c(=O)c(CCl)c1C(F)F. The molecule has 1 N–H and O–H groups in total. The van der Waals surface area contributed by atoms with Crippen molar-refractivity contribution in [2.45, 2.75) is 12.3 Å². The number of aromatic nitrogens is 1. The maximum absolute atomic E-state index is 12.7. The molecule has 0 saturated carbocycles. The van der Waals surface area contributed by atoms with Crippen LogP contribution in [0.4, 0.5) is 8.78 Å². The lowest BCUT2D eigenvalue weighted by molar-refractivity contribution is 0.0588. The summed E-state index contributed by atoms with van der Waals surface area (Å²) in [4.78, 5) is 24.6. The van der Waals surface area contributed by atoms with E-state index in [0.717, 1.165) is 13.3 Å². The predicted octanol–water partition coefficient (Wildman–Crippen LogP) is 1.84. The van der Waals surface area contributed by atoms with Crippen LogP contribution in [0.3, 0.4) is 0 Å². The summed E-state index contributed by atoms with van der Waals surface area (Å²) in [5.41, 5.74) is -2.11. The second-order valence-corrected chi connectivity index (χ2v) is 3.12. The molecule has 0 fully saturated rings. The van der Waals surface area contributed by atoms with Crippen LogP contribution in [-0.2, 0) is 10.6 Å². The first kappa shape index (κ1) is 12.6. The number of rotatable bonds is 3. The molecule has 1 aromatic rings. The lowest BCUT2D eigenvalue weighted by Crippen LogP contribution is -2.19. The van der Waals surface area contributed by atoms with E-state index in [9.17, 15) is 18.4 Å². The summed E-state index contributed by atoms with van der Waals surface area (Å²) in [6.07, 6.45) is -2.07. The molecule has 0 aromatic carbocycles. The van der Waals surface area contributed by atoms with Crippen LogP contribution in [0.1, 0.15) is 27.9 Å². The van der Waals surface area contributed by atoms with Gasteiger partial charge in [-0.3, -0.25) is 4.79 Å². The maximum Gasteiger partial charge on any atom is 0.339 e. The van der Waals surface area contributed by atoms with Crippen LogP contribution in [0.25, 0.3) is 0 Å². The summed E-state index contributed by atoms with van der Waals surface area (Å²) in [5, 5.41) is 0. The molecule has 0 radical (unpaired) electrons. The number of pyridine rings is 1. The van der Waals surface area contributed by atoms with Crippen LogP contribution in [-0.4, -0.2) is 18.1 Å². The Kier molecular flexibility index (Phi) is 4.00. The Hall–Kier alpha value is -1.43. The molecular formula is C9H8ClF2NO3. The number of hydrogen-bond acceptors (Lipinski definition) is 3. The van der Waals surface area contributed by atoms with Gasteiger partial charge in [0.15, 0.2) is 0 Å². The van der Waals surface area contributed by atoms with Crippen LogP contribution in [0, 0.1) is 0 Å². The van der Waals surface area contributed by atoms with E-state index in [2.05, 4.69) is 9.72 Å². The fourth-order valence-electron chi connectivity index (χ4n) is 1.25. The monoisotopic (exact) mass is 251 g/mol. The molecule has 0 amide bonds. The molecule has 0 bridgehead atoms. The van der Waals surface area contributed by atoms with Crippen LogP contribution >= 0.6 is 11.6 Å². The first-order valence-corrected chi connectivity index (χ1v) is 4.73. The molecule has 0 aliphatic carbocycles. The standard InChI is InChI=1S/C9H8ClF2NO3/c1-16-9(15)5-3-13-8(14)4(2-10)6(5)7(11)12/h3,7H,2H2,1H3,(H,13,14). The van der Waals surface area contributed by atoms with Gasteiger partial charge in [-0.05, 0) is 0 Å². The molecule has 7 heteroatoms. The van der Waals surface area contributed by atoms with Gasteiger partial charge in [0.05, 0.1) is 18.6 Å². The predicted molar refractivity (Wildman–Crippen MR) is 52.9 cm³/mol. The van der Waals surface area contributed by atoms with Crippen LogP contribution in [0.15, 0.2) is 11.0 Å². The van der Waals surface area contributed by atoms with Gasteiger partial charge in [-0.1, -0.05) is 0 Å². The van der Waals surface area contributed by atoms with Gasteiger partial charge in [-0.25, -0.2) is 13.6 Å². The van der Waals surface area contributed by atoms with E-state index >= 15 is 0 Å². The molecule has 1 rings (SSSR count). The number of halogens is 3. The molecular weight excluding hydrogens is 244 g/mol. The molecule has 0 aliphatic heterocycles. The Morgan fingerprint density at radius 3 is 2.69 bits per heavy atom. The van der Waals surface area contributed by atoms with Gasteiger partial charge in [0.2, 0.25) is 0 Å². The zero-order chi connectivity index (χ0) is 12.3. The van der Waals surface area contributed by atoms with Gasteiger partial charge in [0.25, 0.3) is 12.0 Å². The first-order valence-electron chi connectivity index (χ1n) is 4.19. The zero-order valence-electron chi connectivity index (χ0n) is 8.22. The highest BCUT2D eigenvalue weighted by atomic mass is 35.5. The summed E-state index contributed by atoms with van der Waals surface area (Å²) in [6.45, 7) is 0. The van der Waals surface area contributed by atoms with E-state index in [4.69, 9.17) is 11.6 Å². The number of alkyl halides is 3. The highest BCUT2D eigenvalue weighted by Gasteiger charge is 2.24. The second-order valence-electron chi connectivity index (χ2n) is 2.85. The van der Waals surface area contributed by atoms with Crippen molar-refractivity contribution in [2.75, 3.05) is 7.11 Å². The normalized spacial score (nSPS) is 10.6. The van der Waals surface area contributed by atoms with Gasteiger partial charge >= 0.3 is 5.97 Å². The van der Waals surface area contributed by atoms with E-state index in [-0.39, 0.29) is 11.1 Å². The van der Waals surface area contributed by atoms with E-state index in [1.54, 1.807) is 0 Å². The topological polar surface area (TPSA) is 59.2 Å². The molecule has 0 atom stereocenters. The van der Waals surface area contributed by atoms with Crippen molar-refractivity contribution in [3.63, 3.8) is 0 Å². The molecule has 1 aromatic heterocycles. The number of carbonyl (C=O) groups is 1. The van der Waals surface area contributed by atoms with Crippen molar-refractivity contribution in [1.82, 2.24) is 4.98 Å². The van der Waals surface area contributed by atoms with Gasteiger partial charge in [0.1, 0.15) is 0 Å². The Balaban J connectivity index is 3.51. The highest BCUT2D eigenvalue weighted by molar-refractivity contribution is 6.17. The van der Waals surface area contributed by atoms with Crippen LogP contribution in [0.2, 0.25) is 0 Å². The van der Waals surface area contributed by atoms with Gasteiger partial charge in [0, 0.05) is 17.3 Å². The zero-order valence-corrected chi connectivity index (χ0v) is 8.98. The average Bonchev–Trinajstić information content (AvgIpc) is 2.27. The minimum atomic E-state index is -2.97. The summed E-state index contributed by atoms with van der Waals surface area (Å²) < 4.78 is 29.8. The largest absolute Gasteiger partial charge is 0.465 e. The molecule has 1 heterocycles. The van der Waals surface area contributed by atoms with E-state index in [0.29, 0.717) is 0 Å². The Morgan fingerprint density at radius 2 is 2.25 bits per heavy atom. The second kappa shape index (κ2) is 5.07. The fourth-order valence-corrected chi connectivity index (χ4v) is 1.51. The smallest absolute Gasteiger partial charge is 0.339 e. The fraction of sp³-hybridized carbons (Fsp3) is 0.333. The van der Waals surface area contributed by atoms with Gasteiger partial charge in [-0.15, -0.1) is 11.6 Å². The molecule has 0 unspecified atom stereocenters. The highest BCUT2D eigenvalue weighted by Crippen LogP contribution is 2.25. The number of carbonyl (C=O) groups excluding carboxylic acids is 1. The maximum atomic E-state index is 12.7. The van der Waals surface area contributed by atoms with Crippen LogP contribution in [0.5, 0.6) is 0 Å². The third-order valence-corrected chi connectivity index (χ3v) is 2.26. The number of hydrogen-bond donors (Lipinski definition) is 1. The lowest BCUT2D eigenvalue weighted by atomic mass is 10.1. The summed E-state index contributed by atoms with van der Waals surface area (Å²) in [7, 11) is 1.06. The number of nitrogens with one attached hydrogen (secondary N) is 1.